The average molecular weight is 370 g/mol. The van der Waals surface area contributed by atoms with Crippen molar-refractivity contribution in [2.24, 2.45) is 5.73 Å². The summed E-state index contributed by atoms with van der Waals surface area (Å²) in [6, 6.07) is 2.12. The molecule has 5 nitrogen and oxygen atoms in total. The minimum Gasteiger partial charge on any atom is -0.341 e. The standard InChI is InChI=1S/C12H12BrN5S2/c1-6(14)10(8-2-7(13)3-19-8)20-12-9-11(16-4-15-9)17-5-18-12/h2-6,10H,14H2,1H3,(H,15,16,17,18). The summed E-state index contributed by atoms with van der Waals surface area (Å²) in [4.78, 5) is 16.9. The zero-order chi connectivity index (χ0) is 14.1. The van der Waals surface area contributed by atoms with Gasteiger partial charge in [0.15, 0.2) is 5.65 Å². The SMILES string of the molecule is CC(N)C(Sc1ncnc2nc[nH]c12)c1cc(Br)cs1. The molecule has 3 N–H and O–H groups in total. The number of H-pyrrole nitrogens is 1. The molecule has 3 rings (SSSR count). The monoisotopic (exact) mass is 369 g/mol. The number of aromatic nitrogens is 4. The first kappa shape index (κ1) is 14.0. The van der Waals surface area contributed by atoms with Crippen molar-refractivity contribution in [2.75, 3.05) is 0 Å². The van der Waals surface area contributed by atoms with E-state index in [4.69, 9.17) is 5.73 Å². The Labute approximate surface area is 132 Å². The molecule has 0 aliphatic carbocycles. The zero-order valence-electron chi connectivity index (χ0n) is 10.6. The molecule has 0 aromatic carbocycles. The molecule has 0 saturated carbocycles. The molecule has 3 heterocycles. The number of rotatable bonds is 4. The van der Waals surface area contributed by atoms with Crippen molar-refractivity contribution in [3.05, 3.63) is 33.5 Å². The van der Waals surface area contributed by atoms with Crippen LogP contribution in [0.25, 0.3) is 11.2 Å². The predicted octanol–water partition coefficient (Wildman–Crippen LogP) is 3.36. The lowest BCUT2D eigenvalue weighted by molar-refractivity contribution is 0.728. The van der Waals surface area contributed by atoms with E-state index in [1.54, 1.807) is 29.4 Å². The van der Waals surface area contributed by atoms with Crippen molar-refractivity contribution in [3.63, 3.8) is 0 Å². The highest BCUT2D eigenvalue weighted by molar-refractivity contribution is 9.10. The van der Waals surface area contributed by atoms with Crippen molar-refractivity contribution in [2.45, 2.75) is 23.2 Å². The van der Waals surface area contributed by atoms with E-state index in [2.05, 4.69) is 47.3 Å². The van der Waals surface area contributed by atoms with Crippen LogP contribution in [-0.4, -0.2) is 26.0 Å². The number of nitrogens with zero attached hydrogens (tertiary/aromatic N) is 3. The van der Waals surface area contributed by atoms with Crippen molar-refractivity contribution >= 4 is 50.2 Å². The summed E-state index contributed by atoms with van der Waals surface area (Å²) >= 11 is 6.82. The fourth-order valence-electron chi connectivity index (χ4n) is 1.85. The Morgan fingerprint density at radius 3 is 2.95 bits per heavy atom. The number of imidazole rings is 1. The molecule has 0 aliphatic rings. The molecular weight excluding hydrogens is 358 g/mol. The molecule has 0 amide bonds. The molecule has 0 radical (unpaired) electrons. The van der Waals surface area contributed by atoms with Gasteiger partial charge in [-0.15, -0.1) is 11.3 Å². The lowest BCUT2D eigenvalue weighted by atomic mass is 10.2. The van der Waals surface area contributed by atoms with Gasteiger partial charge in [-0.05, 0) is 28.9 Å². The van der Waals surface area contributed by atoms with Crippen LogP contribution in [0.1, 0.15) is 17.1 Å². The van der Waals surface area contributed by atoms with Gasteiger partial charge in [-0.25, -0.2) is 15.0 Å². The Balaban J connectivity index is 1.96. The summed E-state index contributed by atoms with van der Waals surface area (Å²) in [5.74, 6) is 0. The van der Waals surface area contributed by atoms with Gasteiger partial charge >= 0.3 is 0 Å². The quantitative estimate of drug-likeness (QED) is 0.544. The fourth-order valence-corrected chi connectivity index (χ4v) is 4.72. The molecule has 0 aliphatic heterocycles. The number of nitrogens with two attached hydrogens (primary N) is 1. The molecule has 104 valence electrons. The van der Waals surface area contributed by atoms with Crippen LogP contribution in [0.3, 0.4) is 0 Å². The molecule has 3 aromatic rings. The van der Waals surface area contributed by atoms with E-state index in [1.165, 1.54) is 11.2 Å². The molecule has 0 bridgehead atoms. The summed E-state index contributed by atoms with van der Waals surface area (Å²) < 4.78 is 1.08. The Kier molecular flexibility index (Phi) is 4.06. The van der Waals surface area contributed by atoms with Crippen molar-refractivity contribution in [1.82, 2.24) is 19.9 Å². The smallest absolute Gasteiger partial charge is 0.181 e. The third-order valence-corrected chi connectivity index (χ3v) is 6.17. The Bertz CT molecular complexity index is 723. The first-order valence-electron chi connectivity index (χ1n) is 5.95. The van der Waals surface area contributed by atoms with Crippen molar-refractivity contribution in [3.8, 4) is 0 Å². The largest absolute Gasteiger partial charge is 0.341 e. The molecule has 0 saturated heterocycles. The third-order valence-electron chi connectivity index (χ3n) is 2.77. The second kappa shape index (κ2) is 5.80. The Hall–Kier alpha value is -0.960. The number of thiophene rings is 1. The van der Waals surface area contributed by atoms with E-state index in [0.29, 0.717) is 5.65 Å². The second-order valence-corrected chi connectivity index (χ2v) is 7.33. The number of nitrogens with one attached hydrogen (secondary N) is 1. The fraction of sp³-hybridized carbons (Fsp3) is 0.250. The van der Waals surface area contributed by atoms with Crippen LogP contribution in [0, 0.1) is 0 Å². The maximum absolute atomic E-state index is 6.15. The van der Waals surface area contributed by atoms with E-state index in [-0.39, 0.29) is 11.3 Å². The predicted molar refractivity (Wildman–Crippen MR) is 86.0 cm³/mol. The number of thioether (sulfide) groups is 1. The minimum atomic E-state index is 0.0125. The lowest BCUT2D eigenvalue weighted by Gasteiger charge is -2.18. The van der Waals surface area contributed by atoms with Gasteiger partial charge < -0.3 is 10.7 Å². The van der Waals surface area contributed by atoms with Gasteiger partial charge in [0.05, 0.1) is 11.6 Å². The van der Waals surface area contributed by atoms with Crippen LogP contribution < -0.4 is 5.73 Å². The van der Waals surface area contributed by atoms with Gasteiger partial charge in [-0.3, -0.25) is 0 Å². The van der Waals surface area contributed by atoms with E-state index in [1.807, 2.05) is 6.92 Å². The van der Waals surface area contributed by atoms with Gasteiger partial charge in [0.2, 0.25) is 0 Å². The summed E-state index contributed by atoms with van der Waals surface area (Å²) in [6.07, 6.45) is 3.17. The molecule has 0 spiro atoms. The maximum atomic E-state index is 6.15. The number of aromatic amines is 1. The molecule has 3 aromatic heterocycles. The minimum absolute atomic E-state index is 0.0125. The van der Waals surface area contributed by atoms with E-state index >= 15 is 0 Å². The molecule has 20 heavy (non-hydrogen) atoms. The topological polar surface area (TPSA) is 80.5 Å². The number of hydrogen-bond donors (Lipinski definition) is 2. The highest BCUT2D eigenvalue weighted by Gasteiger charge is 2.22. The van der Waals surface area contributed by atoms with Crippen LogP contribution in [0.2, 0.25) is 0 Å². The highest BCUT2D eigenvalue weighted by atomic mass is 79.9. The van der Waals surface area contributed by atoms with E-state index in [9.17, 15) is 0 Å². The summed E-state index contributed by atoms with van der Waals surface area (Å²) in [7, 11) is 0. The molecule has 0 fully saturated rings. The maximum Gasteiger partial charge on any atom is 0.181 e. The van der Waals surface area contributed by atoms with Crippen LogP contribution in [0.4, 0.5) is 0 Å². The third kappa shape index (κ3) is 2.73. The first-order chi connectivity index (χ1) is 9.65. The molecule has 2 unspecified atom stereocenters. The van der Waals surface area contributed by atoms with Gasteiger partial charge in [-0.1, -0.05) is 11.8 Å². The van der Waals surface area contributed by atoms with Gasteiger partial charge in [0, 0.05) is 20.8 Å². The number of halogens is 1. The van der Waals surface area contributed by atoms with Crippen LogP contribution in [0.15, 0.2) is 33.6 Å². The van der Waals surface area contributed by atoms with Gasteiger partial charge in [0.25, 0.3) is 0 Å². The van der Waals surface area contributed by atoms with E-state index < -0.39 is 0 Å². The molecule has 8 heteroatoms. The first-order valence-corrected chi connectivity index (χ1v) is 8.50. The van der Waals surface area contributed by atoms with Crippen LogP contribution >= 0.6 is 39.0 Å². The summed E-state index contributed by atoms with van der Waals surface area (Å²) in [5.41, 5.74) is 7.69. The van der Waals surface area contributed by atoms with E-state index in [0.717, 1.165) is 15.0 Å². The summed E-state index contributed by atoms with van der Waals surface area (Å²) in [6.45, 7) is 2.01. The lowest BCUT2D eigenvalue weighted by Crippen LogP contribution is -2.22. The van der Waals surface area contributed by atoms with Crippen LogP contribution in [0.5, 0.6) is 0 Å². The number of fused-ring (bicyclic) bond motifs is 1. The normalized spacial score (nSPS) is 14.6. The van der Waals surface area contributed by atoms with Gasteiger partial charge in [-0.2, -0.15) is 0 Å². The Morgan fingerprint density at radius 2 is 2.25 bits per heavy atom. The van der Waals surface area contributed by atoms with Crippen molar-refractivity contribution < 1.29 is 0 Å². The van der Waals surface area contributed by atoms with Crippen LogP contribution in [-0.2, 0) is 0 Å². The Morgan fingerprint density at radius 1 is 1.40 bits per heavy atom. The van der Waals surface area contributed by atoms with Gasteiger partial charge in [0.1, 0.15) is 16.9 Å². The molecular formula is C12H12BrN5S2. The second-order valence-electron chi connectivity index (χ2n) is 4.34. The molecule has 2 atom stereocenters. The van der Waals surface area contributed by atoms with Crippen molar-refractivity contribution in [1.29, 1.82) is 0 Å². The average Bonchev–Trinajstić information content (AvgIpc) is 3.04. The zero-order valence-corrected chi connectivity index (χ0v) is 13.8. The highest BCUT2D eigenvalue weighted by Crippen LogP contribution is 2.41. The number of hydrogen-bond acceptors (Lipinski definition) is 6. The summed E-state index contributed by atoms with van der Waals surface area (Å²) in [5, 5.41) is 3.09.